The zero-order valence-corrected chi connectivity index (χ0v) is 12.1. The van der Waals surface area contributed by atoms with Crippen molar-refractivity contribution < 1.29 is 14.6 Å². The highest BCUT2D eigenvalue weighted by Crippen LogP contribution is 2.12. The molecule has 19 heavy (non-hydrogen) atoms. The minimum absolute atomic E-state index is 0.0181. The topological polar surface area (TPSA) is 58.6 Å². The quantitative estimate of drug-likeness (QED) is 0.520. The molecule has 0 saturated heterocycles. The molecule has 0 spiro atoms. The Morgan fingerprint density at radius 2 is 2.16 bits per heavy atom. The fourth-order valence-corrected chi connectivity index (χ4v) is 1.50. The Morgan fingerprint density at radius 1 is 1.47 bits per heavy atom. The number of carbonyl (C=O) groups is 1. The normalized spacial score (nSPS) is 13.3. The first kappa shape index (κ1) is 17.3. The molecule has 0 aliphatic rings. The van der Waals surface area contributed by atoms with Gasteiger partial charge in [0, 0.05) is 5.92 Å². The zero-order valence-electron chi connectivity index (χ0n) is 12.1. The molecule has 0 radical (unpaired) electrons. The SMILES string of the molecule is C=C(O)CNC(=O)OCC(/C=C(/C=C\C)CC)CC. The fraction of sp³-hybridized carbons (Fsp3) is 0.533. The Kier molecular flexibility index (Phi) is 9.31. The van der Waals surface area contributed by atoms with Crippen LogP contribution in [0, 0.1) is 5.92 Å². The van der Waals surface area contributed by atoms with E-state index < -0.39 is 6.09 Å². The van der Waals surface area contributed by atoms with Gasteiger partial charge in [-0.25, -0.2) is 4.79 Å². The average molecular weight is 267 g/mol. The molecule has 0 aromatic heterocycles. The van der Waals surface area contributed by atoms with Crippen molar-refractivity contribution in [3.05, 3.63) is 36.1 Å². The molecule has 1 unspecified atom stereocenters. The van der Waals surface area contributed by atoms with E-state index in [0.717, 1.165) is 12.8 Å². The van der Waals surface area contributed by atoms with Gasteiger partial charge >= 0.3 is 6.09 Å². The molecule has 1 atom stereocenters. The van der Waals surface area contributed by atoms with Gasteiger partial charge in [0.05, 0.1) is 13.2 Å². The van der Waals surface area contributed by atoms with Crippen molar-refractivity contribution in [2.24, 2.45) is 5.92 Å². The van der Waals surface area contributed by atoms with E-state index in [1.165, 1.54) is 5.57 Å². The first-order valence-corrected chi connectivity index (χ1v) is 6.64. The molecule has 0 aliphatic carbocycles. The number of amides is 1. The number of nitrogens with one attached hydrogen (secondary N) is 1. The van der Waals surface area contributed by atoms with Crippen LogP contribution < -0.4 is 5.32 Å². The van der Waals surface area contributed by atoms with E-state index in [0.29, 0.717) is 6.61 Å². The number of rotatable bonds is 8. The average Bonchev–Trinajstić information content (AvgIpc) is 2.39. The Hall–Kier alpha value is -1.71. The molecule has 0 bridgehead atoms. The van der Waals surface area contributed by atoms with Crippen LogP contribution in [0.15, 0.2) is 36.1 Å². The predicted octanol–water partition coefficient (Wildman–Crippen LogP) is 3.72. The van der Waals surface area contributed by atoms with Crippen molar-refractivity contribution in [3.8, 4) is 0 Å². The summed E-state index contributed by atoms with van der Waals surface area (Å²) in [5, 5.41) is 11.3. The monoisotopic (exact) mass is 267 g/mol. The summed E-state index contributed by atoms with van der Waals surface area (Å²) < 4.78 is 5.10. The first-order chi connectivity index (χ1) is 9.03. The summed E-state index contributed by atoms with van der Waals surface area (Å²) in [6.07, 6.45) is 7.53. The maximum absolute atomic E-state index is 11.3. The Bertz CT molecular complexity index is 345. The summed E-state index contributed by atoms with van der Waals surface area (Å²) in [6, 6.07) is 0. The minimum Gasteiger partial charge on any atom is -0.511 e. The van der Waals surface area contributed by atoms with Gasteiger partial charge in [-0.2, -0.15) is 0 Å². The summed E-state index contributed by atoms with van der Waals surface area (Å²) in [5.41, 5.74) is 1.24. The summed E-state index contributed by atoms with van der Waals surface area (Å²) in [5.74, 6) is 0.111. The summed E-state index contributed by atoms with van der Waals surface area (Å²) >= 11 is 0. The molecule has 0 aromatic carbocycles. The second-order valence-electron chi connectivity index (χ2n) is 4.28. The van der Waals surface area contributed by atoms with Crippen LogP contribution in [0.2, 0.25) is 0 Å². The second kappa shape index (κ2) is 10.2. The van der Waals surface area contributed by atoms with Crippen LogP contribution in [-0.4, -0.2) is 24.4 Å². The summed E-state index contributed by atoms with van der Waals surface area (Å²) in [4.78, 5) is 11.3. The van der Waals surface area contributed by atoms with E-state index in [2.05, 4.69) is 37.9 Å². The number of ether oxygens (including phenoxy) is 1. The Morgan fingerprint density at radius 3 is 2.63 bits per heavy atom. The fourth-order valence-electron chi connectivity index (χ4n) is 1.50. The van der Waals surface area contributed by atoms with Gasteiger partial charge in [-0.15, -0.1) is 0 Å². The van der Waals surface area contributed by atoms with Gasteiger partial charge in [-0.3, -0.25) is 0 Å². The van der Waals surface area contributed by atoms with Crippen molar-refractivity contribution in [2.75, 3.05) is 13.2 Å². The van der Waals surface area contributed by atoms with E-state index in [4.69, 9.17) is 9.84 Å². The van der Waals surface area contributed by atoms with Gasteiger partial charge < -0.3 is 15.2 Å². The lowest BCUT2D eigenvalue weighted by Gasteiger charge is -2.13. The highest BCUT2D eigenvalue weighted by Gasteiger charge is 2.08. The minimum atomic E-state index is -0.536. The second-order valence-corrected chi connectivity index (χ2v) is 4.28. The number of allylic oxidation sites excluding steroid dienone is 3. The van der Waals surface area contributed by atoms with Gasteiger partial charge in [0.25, 0.3) is 0 Å². The highest BCUT2D eigenvalue weighted by atomic mass is 16.5. The summed E-state index contributed by atoms with van der Waals surface area (Å²) in [7, 11) is 0. The van der Waals surface area contributed by atoms with E-state index in [9.17, 15) is 4.79 Å². The zero-order chi connectivity index (χ0) is 14.7. The highest BCUT2D eigenvalue weighted by molar-refractivity contribution is 5.67. The third-order valence-corrected chi connectivity index (χ3v) is 2.63. The number of hydrogen-bond acceptors (Lipinski definition) is 3. The molecule has 0 rings (SSSR count). The van der Waals surface area contributed by atoms with Gasteiger partial charge in [0.2, 0.25) is 0 Å². The van der Waals surface area contributed by atoms with E-state index >= 15 is 0 Å². The lowest BCUT2D eigenvalue weighted by atomic mass is 10.0. The molecule has 0 fully saturated rings. The van der Waals surface area contributed by atoms with Crippen molar-refractivity contribution in [3.63, 3.8) is 0 Å². The van der Waals surface area contributed by atoms with Crippen LogP contribution in [0.1, 0.15) is 33.6 Å². The first-order valence-electron chi connectivity index (χ1n) is 6.64. The lowest BCUT2D eigenvalue weighted by Crippen LogP contribution is -2.27. The van der Waals surface area contributed by atoms with Crippen molar-refractivity contribution >= 4 is 6.09 Å². The maximum atomic E-state index is 11.3. The van der Waals surface area contributed by atoms with E-state index in [1.54, 1.807) is 0 Å². The van der Waals surface area contributed by atoms with Crippen LogP contribution in [0.4, 0.5) is 4.79 Å². The Balaban J connectivity index is 4.26. The molecule has 4 heteroatoms. The van der Waals surface area contributed by atoms with Gasteiger partial charge in [0.15, 0.2) is 0 Å². The van der Waals surface area contributed by atoms with Crippen LogP contribution in [0.5, 0.6) is 0 Å². The maximum Gasteiger partial charge on any atom is 0.407 e. The molecule has 4 nitrogen and oxygen atoms in total. The number of alkyl carbamates (subject to hydrolysis) is 1. The smallest absolute Gasteiger partial charge is 0.407 e. The van der Waals surface area contributed by atoms with E-state index in [1.807, 2.05) is 13.0 Å². The van der Waals surface area contributed by atoms with Crippen molar-refractivity contribution in [1.29, 1.82) is 0 Å². The molecule has 0 aromatic rings. The molecular formula is C15H25NO3. The number of carbonyl (C=O) groups excluding carboxylic acids is 1. The molecule has 0 saturated carbocycles. The number of aliphatic hydroxyl groups is 1. The standard InChI is InChI=1S/C15H25NO3/c1-5-8-13(6-2)9-14(7-3)11-19-15(18)16-10-12(4)17/h5,8-9,14,17H,4,6-7,10-11H2,1-3H3,(H,16,18)/b8-5-,13-9+. The summed E-state index contributed by atoms with van der Waals surface area (Å²) in [6.45, 7) is 9.77. The van der Waals surface area contributed by atoms with Gasteiger partial charge in [-0.05, 0) is 19.8 Å². The molecule has 2 N–H and O–H groups in total. The van der Waals surface area contributed by atoms with Crippen LogP contribution in [0.3, 0.4) is 0 Å². The van der Waals surface area contributed by atoms with Crippen LogP contribution in [0.25, 0.3) is 0 Å². The van der Waals surface area contributed by atoms with Crippen molar-refractivity contribution in [1.82, 2.24) is 5.32 Å². The molecule has 1 amide bonds. The van der Waals surface area contributed by atoms with Gasteiger partial charge in [0.1, 0.15) is 5.76 Å². The lowest BCUT2D eigenvalue weighted by molar-refractivity contribution is 0.133. The molecule has 0 heterocycles. The number of aliphatic hydroxyl groups excluding tert-OH is 1. The number of hydrogen-bond donors (Lipinski definition) is 2. The van der Waals surface area contributed by atoms with E-state index in [-0.39, 0.29) is 18.2 Å². The third kappa shape index (κ3) is 8.94. The predicted molar refractivity (Wildman–Crippen MR) is 78.1 cm³/mol. The van der Waals surface area contributed by atoms with Crippen LogP contribution >= 0.6 is 0 Å². The van der Waals surface area contributed by atoms with Gasteiger partial charge in [-0.1, -0.05) is 44.2 Å². The molecule has 108 valence electrons. The Labute approximate surface area is 115 Å². The third-order valence-electron chi connectivity index (χ3n) is 2.63. The largest absolute Gasteiger partial charge is 0.511 e. The molecule has 0 aliphatic heterocycles. The van der Waals surface area contributed by atoms with Crippen molar-refractivity contribution in [2.45, 2.75) is 33.6 Å². The molecular weight excluding hydrogens is 242 g/mol. The van der Waals surface area contributed by atoms with Crippen LogP contribution in [-0.2, 0) is 4.74 Å².